The summed E-state index contributed by atoms with van der Waals surface area (Å²) >= 11 is 5.94. The molecule has 0 bridgehead atoms. The molecule has 0 saturated carbocycles. The fraction of sp³-hybridized carbons (Fsp3) is 0. The highest BCUT2D eigenvalue weighted by Crippen LogP contribution is 2.25. The van der Waals surface area contributed by atoms with Gasteiger partial charge < -0.3 is 5.32 Å². The van der Waals surface area contributed by atoms with Gasteiger partial charge in [-0.3, -0.25) is 4.79 Å². The van der Waals surface area contributed by atoms with Crippen molar-refractivity contribution in [2.24, 2.45) is 0 Å². The van der Waals surface area contributed by atoms with Crippen LogP contribution in [0.25, 0.3) is 22.0 Å². The molecule has 0 fully saturated rings. The second-order valence-electron chi connectivity index (χ2n) is 6.26. The maximum Gasteiger partial charge on any atom is 0.256 e. The molecule has 5 heteroatoms. The topological polar surface area (TPSA) is 65.8 Å². The van der Waals surface area contributed by atoms with Gasteiger partial charge in [0.25, 0.3) is 5.91 Å². The Labute approximate surface area is 167 Å². The Morgan fingerprint density at radius 2 is 1.75 bits per heavy atom. The SMILES string of the molecule is N#Cc1cccc(-c2ccc3nc(NC(=O)c4cccc(Cl)c4)ccc3c2)c1. The first kappa shape index (κ1) is 17.7. The first-order valence-corrected chi connectivity index (χ1v) is 8.98. The zero-order valence-electron chi connectivity index (χ0n) is 14.7. The van der Waals surface area contributed by atoms with E-state index in [1.54, 1.807) is 36.4 Å². The van der Waals surface area contributed by atoms with Crippen molar-refractivity contribution in [3.8, 4) is 17.2 Å². The largest absolute Gasteiger partial charge is 0.307 e. The fourth-order valence-electron chi connectivity index (χ4n) is 2.96. The fourth-order valence-corrected chi connectivity index (χ4v) is 3.15. The number of rotatable bonds is 3. The first-order chi connectivity index (χ1) is 13.6. The molecule has 4 rings (SSSR count). The van der Waals surface area contributed by atoms with Crippen LogP contribution in [0.5, 0.6) is 0 Å². The number of pyridine rings is 1. The second kappa shape index (κ2) is 7.51. The molecule has 1 heterocycles. The van der Waals surface area contributed by atoms with Crippen molar-refractivity contribution in [2.45, 2.75) is 0 Å². The van der Waals surface area contributed by atoms with Gasteiger partial charge in [-0.25, -0.2) is 4.98 Å². The first-order valence-electron chi connectivity index (χ1n) is 8.61. The smallest absolute Gasteiger partial charge is 0.256 e. The zero-order chi connectivity index (χ0) is 19.5. The lowest BCUT2D eigenvalue weighted by Crippen LogP contribution is -2.12. The standard InChI is InChI=1S/C23H14ClN3O/c24-20-6-2-5-19(13-20)23(28)27-22-10-8-18-12-17(7-9-21(18)26-22)16-4-1-3-15(11-16)14-25/h1-13H,(H,26,27,28). The lowest BCUT2D eigenvalue weighted by atomic mass is 10.0. The van der Waals surface area contributed by atoms with Crippen molar-refractivity contribution in [2.75, 3.05) is 5.32 Å². The number of hydrogen-bond acceptors (Lipinski definition) is 3. The molecule has 0 unspecified atom stereocenters. The Kier molecular flexibility index (Phi) is 4.76. The average molecular weight is 384 g/mol. The van der Waals surface area contributed by atoms with Crippen LogP contribution in [-0.4, -0.2) is 10.9 Å². The Hall–Kier alpha value is -3.68. The molecule has 4 nitrogen and oxygen atoms in total. The van der Waals surface area contributed by atoms with Crippen LogP contribution >= 0.6 is 11.6 Å². The number of benzene rings is 3. The minimum atomic E-state index is -0.265. The van der Waals surface area contributed by atoms with Crippen molar-refractivity contribution in [1.29, 1.82) is 5.26 Å². The van der Waals surface area contributed by atoms with Crippen LogP contribution < -0.4 is 5.32 Å². The number of halogens is 1. The number of nitrogens with zero attached hydrogens (tertiary/aromatic N) is 2. The number of fused-ring (bicyclic) bond motifs is 1. The molecule has 0 saturated heterocycles. The number of anilines is 1. The molecule has 0 atom stereocenters. The second-order valence-corrected chi connectivity index (χ2v) is 6.70. The molecule has 3 aromatic carbocycles. The molecule has 1 aromatic heterocycles. The van der Waals surface area contributed by atoms with Crippen LogP contribution in [0.15, 0.2) is 78.9 Å². The molecule has 4 aromatic rings. The summed E-state index contributed by atoms with van der Waals surface area (Å²) in [7, 11) is 0. The van der Waals surface area contributed by atoms with Gasteiger partial charge in [-0.15, -0.1) is 0 Å². The molecule has 0 radical (unpaired) electrons. The quantitative estimate of drug-likeness (QED) is 0.495. The van der Waals surface area contributed by atoms with E-state index >= 15 is 0 Å². The van der Waals surface area contributed by atoms with Crippen LogP contribution in [0.3, 0.4) is 0 Å². The summed E-state index contributed by atoms with van der Waals surface area (Å²) in [5, 5.41) is 13.3. The van der Waals surface area contributed by atoms with Gasteiger partial charge in [0.2, 0.25) is 0 Å². The van der Waals surface area contributed by atoms with Gasteiger partial charge in [0.1, 0.15) is 5.82 Å². The number of carbonyl (C=O) groups excluding carboxylic acids is 1. The van der Waals surface area contributed by atoms with Crippen molar-refractivity contribution < 1.29 is 4.79 Å². The Balaban J connectivity index is 1.61. The third-order valence-electron chi connectivity index (χ3n) is 4.34. The molecule has 28 heavy (non-hydrogen) atoms. The summed E-state index contributed by atoms with van der Waals surface area (Å²) in [6.45, 7) is 0. The molecular formula is C23H14ClN3O. The minimum Gasteiger partial charge on any atom is -0.307 e. The summed E-state index contributed by atoms with van der Waals surface area (Å²) in [6.07, 6.45) is 0. The minimum absolute atomic E-state index is 0.265. The molecule has 0 aliphatic carbocycles. The van der Waals surface area contributed by atoms with Gasteiger partial charge in [-0.05, 0) is 65.7 Å². The number of aromatic nitrogens is 1. The van der Waals surface area contributed by atoms with E-state index in [0.717, 1.165) is 22.0 Å². The molecule has 0 spiro atoms. The number of nitrogens with one attached hydrogen (secondary N) is 1. The van der Waals surface area contributed by atoms with E-state index in [2.05, 4.69) is 16.4 Å². The van der Waals surface area contributed by atoms with Gasteiger partial charge in [-0.1, -0.05) is 35.9 Å². The molecule has 1 amide bonds. The van der Waals surface area contributed by atoms with Crippen LogP contribution in [0, 0.1) is 11.3 Å². The highest BCUT2D eigenvalue weighted by atomic mass is 35.5. The van der Waals surface area contributed by atoms with E-state index in [4.69, 9.17) is 16.9 Å². The van der Waals surface area contributed by atoms with Crippen molar-refractivity contribution >= 4 is 34.2 Å². The lowest BCUT2D eigenvalue weighted by Gasteiger charge is -2.08. The van der Waals surface area contributed by atoms with Crippen LogP contribution in [0.4, 0.5) is 5.82 Å². The normalized spacial score (nSPS) is 10.4. The van der Waals surface area contributed by atoms with Crippen LogP contribution in [0.1, 0.15) is 15.9 Å². The Morgan fingerprint density at radius 3 is 2.57 bits per heavy atom. The summed E-state index contributed by atoms with van der Waals surface area (Å²) < 4.78 is 0. The predicted octanol–water partition coefficient (Wildman–Crippen LogP) is 5.68. The Morgan fingerprint density at radius 1 is 0.929 bits per heavy atom. The van der Waals surface area contributed by atoms with E-state index in [0.29, 0.717) is 22.0 Å². The van der Waals surface area contributed by atoms with Gasteiger partial charge >= 0.3 is 0 Å². The zero-order valence-corrected chi connectivity index (χ0v) is 15.4. The van der Waals surface area contributed by atoms with Crippen LogP contribution in [0.2, 0.25) is 5.02 Å². The molecule has 0 aliphatic rings. The van der Waals surface area contributed by atoms with E-state index in [-0.39, 0.29) is 5.91 Å². The molecule has 0 aliphatic heterocycles. The van der Waals surface area contributed by atoms with Gasteiger partial charge in [-0.2, -0.15) is 5.26 Å². The van der Waals surface area contributed by atoms with Gasteiger partial charge in [0.15, 0.2) is 0 Å². The third kappa shape index (κ3) is 3.71. The summed E-state index contributed by atoms with van der Waals surface area (Å²) in [4.78, 5) is 16.9. The van der Waals surface area contributed by atoms with Gasteiger partial charge in [0, 0.05) is 16.0 Å². The molecule has 1 N–H and O–H groups in total. The maximum absolute atomic E-state index is 12.4. The van der Waals surface area contributed by atoms with E-state index in [9.17, 15) is 4.79 Å². The summed E-state index contributed by atoms with van der Waals surface area (Å²) in [5.74, 6) is 0.205. The number of nitriles is 1. The van der Waals surface area contributed by atoms with Crippen molar-refractivity contribution in [1.82, 2.24) is 4.98 Å². The third-order valence-corrected chi connectivity index (χ3v) is 4.58. The molecule has 134 valence electrons. The predicted molar refractivity (Wildman–Crippen MR) is 111 cm³/mol. The summed E-state index contributed by atoms with van der Waals surface area (Å²) in [5.41, 5.74) is 3.84. The number of hydrogen-bond donors (Lipinski definition) is 1. The lowest BCUT2D eigenvalue weighted by molar-refractivity contribution is 0.102. The summed E-state index contributed by atoms with van der Waals surface area (Å²) in [6, 6.07) is 25.9. The Bertz CT molecular complexity index is 1240. The van der Waals surface area contributed by atoms with Gasteiger partial charge in [0.05, 0.1) is 17.1 Å². The number of amides is 1. The maximum atomic E-state index is 12.4. The average Bonchev–Trinajstić information content (AvgIpc) is 2.73. The number of carbonyl (C=O) groups is 1. The highest BCUT2D eigenvalue weighted by Gasteiger charge is 2.08. The van der Waals surface area contributed by atoms with Crippen molar-refractivity contribution in [3.63, 3.8) is 0 Å². The highest BCUT2D eigenvalue weighted by molar-refractivity contribution is 6.31. The van der Waals surface area contributed by atoms with E-state index in [1.807, 2.05) is 42.5 Å². The van der Waals surface area contributed by atoms with E-state index in [1.165, 1.54) is 0 Å². The monoisotopic (exact) mass is 383 g/mol. The van der Waals surface area contributed by atoms with Crippen molar-refractivity contribution in [3.05, 3.63) is 95.0 Å². The van der Waals surface area contributed by atoms with E-state index < -0.39 is 0 Å². The van der Waals surface area contributed by atoms with Crippen LogP contribution in [-0.2, 0) is 0 Å². The molecular weight excluding hydrogens is 370 g/mol.